The van der Waals surface area contributed by atoms with Crippen LogP contribution in [0.5, 0.6) is 0 Å². The minimum absolute atomic E-state index is 0.0419. The average molecular weight is 378 g/mol. The molecule has 1 aromatic rings. The first kappa shape index (κ1) is 19.6. The van der Waals surface area contributed by atoms with Crippen molar-refractivity contribution in [3.05, 3.63) is 29.6 Å². The van der Waals surface area contributed by atoms with Crippen LogP contribution in [0.1, 0.15) is 53.5 Å². The number of likely N-dealkylation sites (N-methyl/N-ethyl adjacent to an activating group) is 1. The van der Waals surface area contributed by atoms with Crippen LogP contribution >= 0.6 is 0 Å². The Morgan fingerprint density at radius 1 is 1.15 bits per heavy atom. The lowest BCUT2D eigenvalue weighted by Crippen LogP contribution is -2.49. The molecule has 2 aliphatic rings. The molecule has 1 saturated heterocycles. The fraction of sp³-hybridized carbons (Fsp3) is 0.667. The predicted molar refractivity (Wildman–Crippen MR) is 107 cm³/mol. The molecule has 144 valence electrons. The summed E-state index contributed by atoms with van der Waals surface area (Å²) in [5.41, 5.74) is 2.71. The van der Waals surface area contributed by atoms with Gasteiger partial charge in [-0.1, -0.05) is 58.2 Å². The van der Waals surface area contributed by atoms with Gasteiger partial charge in [-0.3, -0.25) is 4.79 Å². The number of hydrogen-bond acceptors (Lipinski definition) is 2. The molecule has 1 spiro atoms. The molecule has 2 aliphatic heterocycles. The number of anilines is 1. The van der Waals surface area contributed by atoms with E-state index in [9.17, 15) is 9.18 Å². The highest BCUT2D eigenvalue weighted by atomic mass is 28.3. The number of fused-ring (bicyclic) bond motifs is 2. The van der Waals surface area contributed by atoms with E-state index in [1.54, 1.807) is 18.0 Å². The van der Waals surface area contributed by atoms with Crippen LogP contribution in [0.25, 0.3) is 0 Å². The fourth-order valence-corrected chi connectivity index (χ4v) is 14.2. The van der Waals surface area contributed by atoms with Crippen molar-refractivity contribution in [3.8, 4) is 0 Å². The fourth-order valence-electron chi connectivity index (χ4n) is 6.40. The molecule has 0 aromatic heterocycles. The molecular formula is C21H32FNO2Si. The maximum Gasteiger partial charge on any atom is 0.263 e. The van der Waals surface area contributed by atoms with E-state index in [1.807, 2.05) is 0 Å². The molecule has 3 rings (SSSR count). The second-order valence-corrected chi connectivity index (χ2v) is 15.3. The maximum absolute atomic E-state index is 14.0. The van der Waals surface area contributed by atoms with Crippen LogP contribution in [0.15, 0.2) is 18.2 Å². The Hall–Kier alpha value is -1.20. The number of halogens is 1. The standard InChI is InChI=1S/C21H32FNO2Si/c1-13(2)26(14(3)4,15(5)6)17-11-21(25-12-17)18-10-16(22)8-9-19(18)23(7)20(21)24/h8-10,13-15,17H,11-12H2,1-7H3/t17-,21+/m0/s1. The van der Waals surface area contributed by atoms with Gasteiger partial charge in [-0.05, 0) is 30.2 Å². The summed E-state index contributed by atoms with van der Waals surface area (Å²) >= 11 is 0. The summed E-state index contributed by atoms with van der Waals surface area (Å²) in [4.78, 5) is 14.8. The summed E-state index contributed by atoms with van der Waals surface area (Å²) in [5, 5.41) is 0. The monoisotopic (exact) mass is 377 g/mol. The molecule has 1 fully saturated rings. The number of hydrogen-bond donors (Lipinski definition) is 0. The number of rotatable bonds is 4. The Morgan fingerprint density at radius 3 is 2.27 bits per heavy atom. The van der Waals surface area contributed by atoms with Crippen molar-refractivity contribution in [1.82, 2.24) is 0 Å². The van der Waals surface area contributed by atoms with Crippen molar-refractivity contribution < 1.29 is 13.9 Å². The van der Waals surface area contributed by atoms with Crippen molar-refractivity contribution in [2.75, 3.05) is 18.6 Å². The van der Waals surface area contributed by atoms with E-state index in [2.05, 4.69) is 41.5 Å². The minimum atomic E-state index is -1.76. The molecular weight excluding hydrogens is 345 g/mol. The van der Waals surface area contributed by atoms with E-state index >= 15 is 0 Å². The third-order valence-electron chi connectivity index (χ3n) is 7.18. The summed E-state index contributed by atoms with van der Waals surface area (Å²) in [6, 6.07) is 4.62. The first-order valence-corrected chi connectivity index (χ1v) is 12.1. The summed E-state index contributed by atoms with van der Waals surface area (Å²) in [6.07, 6.45) is 0.688. The molecule has 1 amide bonds. The van der Waals surface area contributed by atoms with E-state index in [0.29, 0.717) is 40.8 Å². The minimum Gasteiger partial charge on any atom is -0.360 e. The van der Waals surface area contributed by atoms with E-state index in [-0.39, 0.29) is 11.7 Å². The number of carbonyl (C=O) groups excluding carboxylic acids is 1. The zero-order valence-corrected chi connectivity index (χ0v) is 18.1. The number of carbonyl (C=O) groups is 1. The summed E-state index contributed by atoms with van der Waals surface area (Å²) in [5.74, 6) is -0.349. The molecule has 0 N–H and O–H groups in total. The van der Waals surface area contributed by atoms with Crippen molar-refractivity contribution in [1.29, 1.82) is 0 Å². The Kier molecular flexibility index (Phi) is 4.85. The van der Waals surface area contributed by atoms with Gasteiger partial charge in [-0.2, -0.15) is 0 Å². The van der Waals surface area contributed by atoms with Crippen molar-refractivity contribution in [3.63, 3.8) is 0 Å². The van der Waals surface area contributed by atoms with Crippen LogP contribution in [0, 0.1) is 5.82 Å². The number of benzene rings is 1. The third-order valence-corrected chi connectivity index (χ3v) is 15.0. The zero-order chi connectivity index (χ0) is 19.4. The highest BCUT2D eigenvalue weighted by Crippen LogP contribution is 2.59. The van der Waals surface area contributed by atoms with Gasteiger partial charge < -0.3 is 9.64 Å². The highest BCUT2D eigenvalue weighted by Gasteiger charge is 2.61. The maximum atomic E-state index is 14.0. The molecule has 1 aromatic carbocycles. The number of amides is 1. The molecule has 0 aliphatic carbocycles. The number of nitrogens with zero attached hydrogens (tertiary/aromatic N) is 1. The highest BCUT2D eigenvalue weighted by molar-refractivity contribution is 6.85. The summed E-state index contributed by atoms with van der Waals surface area (Å²) < 4.78 is 20.3. The second kappa shape index (κ2) is 6.45. The van der Waals surface area contributed by atoms with Gasteiger partial charge in [0.2, 0.25) is 0 Å². The summed E-state index contributed by atoms with van der Waals surface area (Å²) in [6.45, 7) is 14.7. The molecule has 0 unspecified atom stereocenters. The lowest BCUT2D eigenvalue weighted by Gasteiger charge is -2.47. The Bertz CT molecular complexity index is 696. The summed E-state index contributed by atoms with van der Waals surface area (Å²) in [7, 11) is 0.00235. The average Bonchev–Trinajstić information content (AvgIpc) is 3.06. The van der Waals surface area contributed by atoms with E-state index in [0.717, 1.165) is 5.69 Å². The van der Waals surface area contributed by atoms with Crippen LogP contribution in [-0.4, -0.2) is 27.6 Å². The molecule has 0 bridgehead atoms. The van der Waals surface area contributed by atoms with Gasteiger partial charge in [0.25, 0.3) is 5.91 Å². The SMILES string of the molecule is CC(C)[Si](C(C)C)(C(C)C)[C@@H]1CO[C@@]2(C1)C(=O)N(C)c1ccc(F)cc12. The van der Waals surface area contributed by atoms with Crippen molar-refractivity contribution in [2.45, 2.75) is 75.7 Å². The van der Waals surface area contributed by atoms with Gasteiger partial charge >= 0.3 is 0 Å². The lowest BCUT2D eigenvalue weighted by atomic mass is 9.92. The van der Waals surface area contributed by atoms with Crippen LogP contribution < -0.4 is 4.90 Å². The van der Waals surface area contributed by atoms with Crippen LogP contribution in [-0.2, 0) is 15.1 Å². The molecule has 5 heteroatoms. The first-order valence-electron chi connectivity index (χ1n) is 9.81. The van der Waals surface area contributed by atoms with E-state index < -0.39 is 13.7 Å². The molecule has 0 radical (unpaired) electrons. The first-order chi connectivity index (χ1) is 12.1. The molecule has 0 saturated carbocycles. The van der Waals surface area contributed by atoms with Gasteiger partial charge in [-0.25, -0.2) is 4.39 Å². The molecule has 2 atom stereocenters. The zero-order valence-electron chi connectivity index (χ0n) is 17.1. The molecule has 3 nitrogen and oxygen atoms in total. The van der Waals surface area contributed by atoms with Gasteiger partial charge in [0, 0.05) is 19.2 Å². The van der Waals surface area contributed by atoms with Crippen LogP contribution in [0.3, 0.4) is 0 Å². The smallest absolute Gasteiger partial charge is 0.263 e. The topological polar surface area (TPSA) is 29.5 Å². The number of ether oxygens (including phenoxy) is 1. The Balaban J connectivity index is 2.08. The Morgan fingerprint density at radius 2 is 1.73 bits per heavy atom. The second-order valence-electron chi connectivity index (χ2n) is 9.03. The van der Waals surface area contributed by atoms with Crippen LogP contribution in [0.2, 0.25) is 22.2 Å². The predicted octanol–water partition coefficient (Wildman–Crippen LogP) is 5.47. The van der Waals surface area contributed by atoms with Gasteiger partial charge in [0.05, 0.1) is 13.8 Å². The van der Waals surface area contributed by atoms with Crippen molar-refractivity contribution in [2.24, 2.45) is 0 Å². The largest absolute Gasteiger partial charge is 0.360 e. The normalized spacial score (nSPS) is 26.0. The molecule has 2 heterocycles. The van der Waals surface area contributed by atoms with Gasteiger partial charge in [-0.15, -0.1) is 0 Å². The van der Waals surface area contributed by atoms with E-state index in [4.69, 9.17) is 4.74 Å². The third kappa shape index (κ3) is 2.43. The lowest BCUT2D eigenvalue weighted by molar-refractivity contribution is -0.137. The quantitative estimate of drug-likeness (QED) is 0.652. The van der Waals surface area contributed by atoms with Crippen LogP contribution in [0.4, 0.5) is 10.1 Å². The Labute approximate surface area is 157 Å². The van der Waals surface area contributed by atoms with Crippen molar-refractivity contribution >= 4 is 19.7 Å². The molecule has 26 heavy (non-hydrogen) atoms. The van der Waals surface area contributed by atoms with Gasteiger partial charge in [0.15, 0.2) is 5.60 Å². The van der Waals surface area contributed by atoms with Gasteiger partial charge in [0.1, 0.15) is 5.82 Å². The van der Waals surface area contributed by atoms with E-state index in [1.165, 1.54) is 12.1 Å².